The van der Waals surface area contributed by atoms with Crippen molar-refractivity contribution >= 4 is 39.1 Å². The largest absolute Gasteiger partial charge is 0.340 e. The molecule has 2 atom stereocenters. The second-order valence-electron chi connectivity index (χ2n) is 5.81. The Labute approximate surface area is 130 Å². The molecule has 2 amide bonds. The van der Waals surface area contributed by atoms with E-state index in [4.69, 9.17) is 0 Å². The standard InChI is InChI=1S/C14H17BrN2O2S/c1-8-12(18)16-14(2,9-3-4-9)13(19)17(8)6-11-5-10(15)7-20-11/h5,7-9H,3-4,6H2,1-2H3,(H,16,18). The third kappa shape index (κ3) is 2.29. The average molecular weight is 357 g/mol. The Kier molecular flexibility index (Phi) is 3.41. The van der Waals surface area contributed by atoms with Gasteiger partial charge in [-0.1, -0.05) is 0 Å². The highest BCUT2D eigenvalue weighted by atomic mass is 79.9. The lowest BCUT2D eigenvalue weighted by atomic mass is 9.89. The van der Waals surface area contributed by atoms with Gasteiger partial charge in [-0.05, 0) is 54.6 Å². The molecule has 0 aromatic carbocycles. The number of amides is 2. The Hall–Kier alpha value is -0.880. The van der Waals surface area contributed by atoms with Crippen LogP contribution in [0.2, 0.25) is 0 Å². The average Bonchev–Trinajstić information content (AvgIpc) is 3.17. The van der Waals surface area contributed by atoms with Crippen molar-refractivity contribution in [3.8, 4) is 0 Å². The summed E-state index contributed by atoms with van der Waals surface area (Å²) in [5, 5.41) is 4.93. The minimum atomic E-state index is -0.710. The van der Waals surface area contributed by atoms with Crippen LogP contribution in [-0.4, -0.2) is 28.3 Å². The molecule has 108 valence electrons. The van der Waals surface area contributed by atoms with Crippen LogP contribution in [0.4, 0.5) is 0 Å². The summed E-state index contributed by atoms with van der Waals surface area (Å²) >= 11 is 5.02. The van der Waals surface area contributed by atoms with Gasteiger partial charge in [0.1, 0.15) is 11.6 Å². The minimum Gasteiger partial charge on any atom is -0.340 e. The van der Waals surface area contributed by atoms with Crippen LogP contribution in [0.3, 0.4) is 0 Å². The second kappa shape index (κ2) is 4.84. The van der Waals surface area contributed by atoms with E-state index in [-0.39, 0.29) is 11.8 Å². The predicted molar refractivity (Wildman–Crippen MR) is 81.3 cm³/mol. The summed E-state index contributed by atoms with van der Waals surface area (Å²) in [4.78, 5) is 27.8. The van der Waals surface area contributed by atoms with Gasteiger partial charge in [0.2, 0.25) is 11.8 Å². The van der Waals surface area contributed by atoms with E-state index in [1.54, 1.807) is 23.2 Å². The monoisotopic (exact) mass is 356 g/mol. The summed E-state index contributed by atoms with van der Waals surface area (Å²) < 4.78 is 1.02. The molecule has 2 heterocycles. The maximum absolute atomic E-state index is 12.8. The van der Waals surface area contributed by atoms with Crippen molar-refractivity contribution in [2.45, 2.75) is 44.8 Å². The first kappa shape index (κ1) is 14.1. The van der Waals surface area contributed by atoms with Crippen molar-refractivity contribution in [1.29, 1.82) is 0 Å². The van der Waals surface area contributed by atoms with Crippen LogP contribution >= 0.6 is 27.3 Å². The summed E-state index contributed by atoms with van der Waals surface area (Å²) in [6.07, 6.45) is 2.05. The molecule has 1 aromatic rings. The van der Waals surface area contributed by atoms with Crippen LogP contribution in [0.1, 0.15) is 31.6 Å². The van der Waals surface area contributed by atoms with Gasteiger partial charge in [-0.2, -0.15) is 0 Å². The van der Waals surface area contributed by atoms with Crippen molar-refractivity contribution < 1.29 is 9.59 Å². The number of rotatable bonds is 3. The van der Waals surface area contributed by atoms with E-state index in [0.717, 1.165) is 22.2 Å². The fraction of sp³-hybridized carbons (Fsp3) is 0.571. The first-order chi connectivity index (χ1) is 9.41. The van der Waals surface area contributed by atoms with E-state index < -0.39 is 11.6 Å². The Morgan fingerprint density at radius 1 is 1.50 bits per heavy atom. The van der Waals surface area contributed by atoms with Gasteiger partial charge in [0.05, 0.1) is 6.54 Å². The Balaban J connectivity index is 1.86. The molecule has 2 unspecified atom stereocenters. The first-order valence-electron chi connectivity index (χ1n) is 6.78. The lowest BCUT2D eigenvalue weighted by Gasteiger charge is -2.43. The van der Waals surface area contributed by atoms with E-state index in [2.05, 4.69) is 21.2 Å². The quantitative estimate of drug-likeness (QED) is 0.904. The van der Waals surface area contributed by atoms with Crippen LogP contribution in [0.25, 0.3) is 0 Å². The fourth-order valence-corrected chi connectivity index (χ4v) is 4.23. The van der Waals surface area contributed by atoms with Gasteiger partial charge in [0.15, 0.2) is 0 Å². The van der Waals surface area contributed by atoms with Gasteiger partial charge in [0, 0.05) is 14.7 Å². The topological polar surface area (TPSA) is 49.4 Å². The van der Waals surface area contributed by atoms with E-state index in [1.165, 1.54) is 0 Å². The molecule has 1 aliphatic carbocycles. The Morgan fingerprint density at radius 2 is 2.20 bits per heavy atom. The van der Waals surface area contributed by atoms with Crippen molar-refractivity contribution in [1.82, 2.24) is 10.2 Å². The number of carbonyl (C=O) groups is 2. The Morgan fingerprint density at radius 3 is 2.75 bits per heavy atom. The molecule has 2 fully saturated rings. The molecule has 0 radical (unpaired) electrons. The highest BCUT2D eigenvalue weighted by Crippen LogP contribution is 2.42. The summed E-state index contributed by atoms with van der Waals surface area (Å²) in [6, 6.07) is 1.60. The van der Waals surface area contributed by atoms with Crippen molar-refractivity contribution in [3.63, 3.8) is 0 Å². The van der Waals surface area contributed by atoms with Gasteiger partial charge >= 0.3 is 0 Å². The highest BCUT2D eigenvalue weighted by molar-refractivity contribution is 9.10. The third-order valence-corrected chi connectivity index (χ3v) is 5.96. The molecule has 20 heavy (non-hydrogen) atoms. The van der Waals surface area contributed by atoms with Crippen LogP contribution in [0, 0.1) is 5.92 Å². The zero-order chi connectivity index (χ0) is 14.5. The van der Waals surface area contributed by atoms with Gasteiger partial charge in [-0.3, -0.25) is 9.59 Å². The molecule has 4 nitrogen and oxygen atoms in total. The zero-order valence-corrected chi connectivity index (χ0v) is 13.9. The molecule has 1 aromatic heterocycles. The molecule has 3 rings (SSSR count). The van der Waals surface area contributed by atoms with Gasteiger partial charge in [-0.25, -0.2) is 0 Å². The Bertz CT molecular complexity index is 569. The van der Waals surface area contributed by atoms with Crippen LogP contribution in [0.5, 0.6) is 0 Å². The lowest BCUT2D eigenvalue weighted by Crippen LogP contribution is -2.69. The maximum atomic E-state index is 12.8. The van der Waals surface area contributed by atoms with Gasteiger partial charge < -0.3 is 10.2 Å². The SMILES string of the molecule is CC1C(=O)NC(C)(C2CC2)C(=O)N1Cc1cc(Br)cs1. The van der Waals surface area contributed by atoms with Crippen molar-refractivity contribution in [2.75, 3.05) is 0 Å². The van der Waals surface area contributed by atoms with E-state index >= 15 is 0 Å². The number of nitrogens with one attached hydrogen (secondary N) is 1. The fourth-order valence-electron chi connectivity index (χ4n) is 2.78. The maximum Gasteiger partial charge on any atom is 0.249 e. The lowest BCUT2D eigenvalue weighted by molar-refractivity contribution is -0.155. The molecule has 0 bridgehead atoms. The third-order valence-electron chi connectivity index (χ3n) is 4.28. The number of hydrogen-bond acceptors (Lipinski definition) is 3. The molecule has 1 N–H and O–H groups in total. The van der Waals surface area contributed by atoms with E-state index in [1.807, 2.05) is 18.4 Å². The molecule has 1 saturated heterocycles. The van der Waals surface area contributed by atoms with E-state index in [0.29, 0.717) is 12.5 Å². The van der Waals surface area contributed by atoms with Crippen molar-refractivity contribution in [2.24, 2.45) is 5.92 Å². The molecular weight excluding hydrogens is 340 g/mol. The first-order valence-corrected chi connectivity index (χ1v) is 8.45. The second-order valence-corrected chi connectivity index (χ2v) is 7.72. The number of piperazine rings is 1. The zero-order valence-electron chi connectivity index (χ0n) is 11.5. The van der Waals surface area contributed by atoms with Crippen LogP contribution in [0.15, 0.2) is 15.9 Å². The molecule has 6 heteroatoms. The number of hydrogen-bond donors (Lipinski definition) is 1. The summed E-state index contributed by atoms with van der Waals surface area (Å²) in [6.45, 7) is 4.17. The van der Waals surface area contributed by atoms with Crippen LogP contribution < -0.4 is 5.32 Å². The number of carbonyl (C=O) groups excluding carboxylic acids is 2. The summed E-state index contributed by atoms with van der Waals surface area (Å²) in [5.74, 6) is 0.301. The van der Waals surface area contributed by atoms with Crippen LogP contribution in [-0.2, 0) is 16.1 Å². The number of nitrogens with zero attached hydrogens (tertiary/aromatic N) is 1. The van der Waals surface area contributed by atoms with Gasteiger partial charge in [-0.15, -0.1) is 11.3 Å². The number of thiophene rings is 1. The normalized spacial score (nSPS) is 30.6. The summed E-state index contributed by atoms with van der Waals surface area (Å²) in [7, 11) is 0. The summed E-state index contributed by atoms with van der Waals surface area (Å²) in [5.41, 5.74) is -0.710. The molecular formula is C14H17BrN2O2S. The molecule has 1 saturated carbocycles. The van der Waals surface area contributed by atoms with Gasteiger partial charge in [0.25, 0.3) is 0 Å². The van der Waals surface area contributed by atoms with Crippen molar-refractivity contribution in [3.05, 3.63) is 20.8 Å². The van der Waals surface area contributed by atoms with E-state index in [9.17, 15) is 9.59 Å². The molecule has 2 aliphatic rings. The smallest absolute Gasteiger partial charge is 0.249 e. The number of halogens is 1. The minimum absolute atomic E-state index is 0.0466. The predicted octanol–water partition coefficient (Wildman–Crippen LogP) is 2.53. The highest BCUT2D eigenvalue weighted by Gasteiger charge is 2.54. The molecule has 1 aliphatic heterocycles. The molecule has 0 spiro atoms.